The van der Waals surface area contributed by atoms with E-state index >= 15 is 0 Å². The second-order valence-corrected chi connectivity index (χ2v) is 10.1. The van der Waals surface area contributed by atoms with Crippen LogP contribution in [-0.2, 0) is 26.7 Å². The molecule has 2 aromatic rings. The van der Waals surface area contributed by atoms with Crippen molar-refractivity contribution in [2.45, 2.75) is 45.5 Å². The monoisotopic (exact) mass is 419 g/mol. The fraction of sp³-hybridized carbons (Fsp3) is 0.478. The Morgan fingerprint density at radius 1 is 0.897 bits per heavy atom. The molecule has 0 aliphatic heterocycles. The molecule has 0 bridgehead atoms. The summed E-state index contributed by atoms with van der Waals surface area (Å²) < 4.78 is 22.8. The normalized spacial score (nSPS) is 14.3. The van der Waals surface area contributed by atoms with Crippen LogP contribution in [0.5, 0.6) is 0 Å². The van der Waals surface area contributed by atoms with Crippen molar-refractivity contribution in [1.29, 1.82) is 0 Å². The van der Waals surface area contributed by atoms with Gasteiger partial charge in [0.25, 0.3) is 0 Å². The Kier molecular flexibility index (Phi) is 9.54. The number of hydrogen-bond donors (Lipinski definition) is 1. The molecule has 0 amide bonds. The molecule has 0 aromatic heterocycles. The first-order valence-corrected chi connectivity index (χ1v) is 11.8. The topological polar surface area (TPSA) is 59.0 Å². The first-order chi connectivity index (χ1) is 13.9. The van der Waals surface area contributed by atoms with Crippen molar-refractivity contribution in [2.75, 3.05) is 20.4 Å². The number of nitrogens with zero attached hydrogens (tertiary/aromatic N) is 1. The molecule has 6 heteroatoms. The zero-order valence-electron chi connectivity index (χ0n) is 17.9. The molecule has 0 aliphatic carbocycles. The first-order valence-electron chi connectivity index (χ1n) is 10.1. The fourth-order valence-electron chi connectivity index (χ4n) is 3.53. The number of aliphatic hydroxyl groups excluding tert-OH is 1. The van der Waals surface area contributed by atoms with Crippen molar-refractivity contribution in [3.05, 3.63) is 71.8 Å². The second kappa shape index (κ2) is 11.6. The van der Waals surface area contributed by atoms with E-state index in [9.17, 15) is 9.67 Å². The van der Waals surface area contributed by atoms with Crippen molar-refractivity contribution in [2.24, 2.45) is 5.92 Å². The van der Waals surface area contributed by atoms with Crippen LogP contribution < -0.4 is 0 Å². The van der Waals surface area contributed by atoms with Gasteiger partial charge in [-0.1, -0.05) is 74.5 Å². The van der Waals surface area contributed by atoms with E-state index in [-0.39, 0.29) is 12.2 Å². The molecular formula is C23H34NO4P. The molecule has 2 atom stereocenters. The van der Waals surface area contributed by atoms with Crippen LogP contribution >= 0.6 is 7.60 Å². The first kappa shape index (κ1) is 23.8. The van der Waals surface area contributed by atoms with Gasteiger partial charge in [0.1, 0.15) is 0 Å². The summed E-state index contributed by atoms with van der Waals surface area (Å²) in [7, 11) is -0.593. The Bertz CT molecular complexity index is 704. The molecule has 5 nitrogen and oxygen atoms in total. The van der Waals surface area contributed by atoms with Gasteiger partial charge >= 0.3 is 7.60 Å². The number of aliphatic hydroxyl groups is 1. The third kappa shape index (κ3) is 7.69. The third-order valence-electron chi connectivity index (χ3n) is 5.05. The predicted molar refractivity (Wildman–Crippen MR) is 118 cm³/mol. The Morgan fingerprint density at radius 2 is 1.34 bits per heavy atom. The summed E-state index contributed by atoms with van der Waals surface area (Å²) in [4.78, 5) is 2.27. The van der Waals surface area contributed by atoms with E-state index in [1.807, 2.05) is 36.4 Å². The van der Waals surface area contributed by atoms with E-state index in [4.69, 9.17) is 9.05 Å². The van der Waals surface area contributed by atoms with Crippen molar-refractivity contribution in [1.82, 2.24) is 4.90 Å². The summed E-state index contributed by atoms with van der Waals surface area (Å²) in [5.41, 5.74) is 2.34. The van der Waals surface area contributed by atoms with Gasteiger partial charge in [-0.25, -0.2) is 0 Å². The summed E-state index contributed by atoms with van der Waals surface area (Å²) in [6.07, 6.45) is -0.0957. The molecule has 29 heavy (non-hydrogen) atoms. The predicted octanol–water partition coefficient (Wildman–Crippen LogP) is 4.95. The van der Waals surface area contributed by atoms with Gasteiger partial charge in [0.2, 0.25) is 0 Å². The Balaban J connectivity index is 2.32. The van der Waals surface area contributed by atoms with Gasteiger partial charge in [-0.05, 0) is 23.5 Å². The van der Waals surface area contributed by atoms with Crippen LogP contribution in [-0.4, -0.2) is 42.5 Å². The highest BCUT2D eigenvalue weighted by Crippen LogP contribution is 2.47. The lowest BCUT2D eigenvalue weighted by Crippen LogP contribution is -2.45. The van der Waals surface area contributed by atoms with Gasteiger partial charge in [-0.3, -0.25) is 9.46 Å². The highest BCUT2D eigenvalue weighted by Gasteiger charge is 2.34. The maximum Gasteiger partial charge on any atom is 0.332 e. The SMILES string of the molecule is COP(=O)(C[C@H](O)[C@H](CC(C)C)N(Cc1ccccc1)Cc1ccccc1)OC. The quantitative estimate of drug-likeness (QED) is 0.493. The Hall–Kier alpha value is -1.49. The van der Waals surface area contributed by atoms with Crippen LogP contribution in [0.3, 0.4) is 0 Å². The number of hydrogen-bond acceptors (Lipinski definition) is 5. The lowest BCUT2D eigenvalue weighted by Gasteiger charge is -2.37. The highest BCUT2D eigenvalue weighted by molar-refractivity contribution is 7.53. The molecule has 2 rings (SSSR count). The maximum atomic E-state index is 12.7. The molecular weight excluding hydrogens is 385 g/mol. The molecule has 0 saturated carbocycles. The van der Waals surface area contributed by atoms with Crippen LogP contribution in [0.2, 0.25) is 0 Å². The van der Waals surface area contributed by atoms with E-state index in [0.717, 1.165) is 6.42 Å². The van der Waals surface area contributed by atoms with Gasteiger partial charge < -0.3 is 14.2 Å². The Morgan fingerprint density at radius 3 is 1.72 bits per heavy atom. The van der Waals surface area contributed by atoms with Crippen molar-refractivity contribution >= 4 is 7.60 Å². The molecule has 1 N–H and O–H groups in total. The molecule has 0 heterocycles. The van der Waals surface area contributed by atoms with Crippen LogP contribution in [0.15, 0.2) is 60.7 Å². The largest absolute Gasteiger partial charge is 0.391 e. The van der Waals surface area contributed by atoms with E-state index in [2.05, 4.69) is 43.0 Å². The van der Waals surface area contributed by atoms with E-state index < -0.39 is 13.7 Å². The van der Waals surface area contributed by atoms with Crippen LogP contribution in [0.4, 0.5) is 0 Å². The Labute approximate surface area is 175 Å². The van der Waals surface area contributed by atoms with Crippen molar-refractivity contribution < 1.29 is 18.7 Å². The molecule has 0 radical (unpaired) electrons. The summed E-state index contributed by atoms with van der Waals surface area (Å²) >= 11 is 0. The minimum Gasteiger partial charge on any atom is -0.391 e. The second-order valence-electron chi connectivity index (χ2n) is 7.80. The van der Waals surface area contributed by atoms with E-state index in [0.29, 0.717) is 19.0 Å². The molecule has 0 aliphatic rings. The van der Waals surface area contributed by atoms with Gasteiger partial charge in [-0.2, -0.15) is 0 Å². The maximum absolute atomic E-state index is 12.7. The number of rotatable bonds is 12. The van der Waals surface area contributed by atoms with Crippen LogP contribution in [0.25, 0.3) is 0 Å². The summed E-state index contributed by atoms with van der Waals surface area (Å²) in [6.45, 7) is 5.65. The molecule has 160 valence electrons. The molecule has 0 unspecified atom stereocenters. The van der Waals surface area contributed by atoms with Crippen LogP contribution in [0.1, 0.15) is 31.4 Å². The van der Waals surface area contributed by atoms with Crippen molar-refractivity contribution in [3.63, 3.8) is 0 Å². The minimum absolute atomic E-state index is 0.0303. The molecule has 0 fully saturated rings. The summed E-state index contributed by atoms with van der Waals surface area (Å²) in [5.74, 6) is 0.369. The zero-order valence-corrected chi connectivity index (χ0v) is 18.8. The molecule has 0 spiro atoms. The van der Waals surface area contributed by atoms with E-state index in [1.54, 1.807) is 0 Å². The lowest BCUT2D eigenvalue weighted by molar-refractivity contribution is 0.0369. The summed E-state index contributed by atoms with van der Waals surface area (Å²) in [6, 6.07) is 20.3. The molecule has 0 saturated heterocycles. The lowest BCUT2D eigenvalue weighted by atomic mass is 9.97. The summed E-state index contributed by atoms with van der Waals surface area (Å²) in [5, 5.41) is 11.1. The van der Waals surface area contributed by atoms with Crippen molar-refractivity contribution in [3.8, 4) is 0 Å². The van der Waals surface area contributed by atoms with Gasteiger partial charge in [0.15, 0.2) is 0 Å². The van der Waals surface area contributed by atoms with E-state index in [1.165, 1.54) is 25.3 Å². The average Bonchev–Trinajstić information content (AvgIpc) is 2.72. The average molecular weight is 420 g/mol. The standard InChI is InChI=1S/C23H34NO4P/c1-19(2)15-22(23(25)18-29(26,27-3)28-4)24(16-20-11-7-5-8-12-20)17-21-13-9-6-10-14-21/h5-14,19,22-23,25H,15-18H2,1-4H3/t22-,23-/m0/s1. The minimum atomic E-state index is -3.32. The van der Waals surface area contributed by atoms with Crippen LogP contribution in [0, 0.1) is 5.92 Å². The van der Waals surface area contributed by atoms with Gasteiger partial charge in [0, 0.05) is 33.4 Å². The smallest absolute Gasteiger partial charge is 0.332 e. The molecule has 2 aromatic carbocycles. The fourth-order valence-corrected chi connectivity index (χ4v) is 4.68. The number of benzene rings is 2. The zero-order chi connectivity index (χ0) is 21.3. The third-order valence-corrected chi connectivity index (χ3v) is 6.98. The highest BCUT2D eigenvalue weighted by atomic mass is 31.2. The van der Waals surface area contributed by atoms with Gasteiger partial charge in [-0.15, -0.1) is 0 Å². The van der Waals surface area contributed by atoms with Gasteiger partial charge in [0.05, 0.1) is 12.3 Å².